The van der Waals surface area contributed by atoms with Crippen LogP contribution in [0, 0.1) is 6.92 Å². The summed E-state index contributed by atoms with van der Waals surface area (Å²) in [7, 11) is 0. The second-order valence-corrected chi connectivity index (χ2v) is 5.60. The summed E-state index contributed by atoms with van der Waals surface area (Å²) in [5.41, 5.74) is 2.46. The molecule has 2 aromatic heterocycles. The highest BCUT2D eigenvalue weighted by Gasteiger charge is 2.29. The molecule has 1 aliphatic heterocycles. The Bertz CT molecular complexity index is 779. The van der Waals surface area contributed by atoms with Crippen LogP contribution in [0.4, 0.5) is 0 Å². The molecule has 0 aliphatic carbocycles. The number of benzene rings is 1. The average Bonchev–Trinajstić information content (AvgIpc) is 3.17. The zero-order chi connectivity index (χ0) is 14.9. The lowest BCUT2D eigenvalue weighted by Gasteiger charge is -2.33. The molecule has 114 valence electrons. The van der Waals surface area contributed by atoms with Crippen molar-refractivity contribution in [3.8, 4) is 0 Å². The molecule has 4 rings (SSSR count). The van der Waals surface area contributed by atoms with Crippen LogP contribution in [0.3, 0.4) is 0 Å². The Morgan fingerprint density at radius 2 is 2.32 bits per heavy atom. The van der Waals surface area contributed by atoms with E-state index in [-0.39, 0.29) is 6.04 Å². The van der Waals surface area contributed by atoms with Gasteiger partial charge in [-0.15, -0.1) is 0 Å². The third kappa shape index (κ3) is 2.40. The lowest BCUT2D eigenvalue weighted by atomic mass is 10.1. The number of H-pyrrole nitrogens is 1. The maximum Gasteiger partial charge on any atom is 0.246 e. The van der Waals surface area contributed by atoms with Crippen LogP contribution >= 0.6 is 0 Å². The molecular formula is C16H18N4O2. The minimum absolute atomic E-state index is 0.0140. The monoisotopic (exact) mass is 298 g/mol. The Balaban J connectivity index is 1.63. The number of hydrogen-bond donors (Lipinski definition) is 1. The highest BCUT2D eigenvalue weighted by molar-refractivity contribution is 5.82. The standard InChI is InChI=1S/C16H18N4O2/c1-11-18-16(22-19-11)14-10-21-8-7-20(14)9-13-4-2-3-12-5-6-17-15(12)13/h2-6,14,17H,7-10H2,1H3. The van der Waals surface area contributed by atoms with Crippen LogP contribution in [-0.2, 0) is 11.3 Å². The summed E-state index contributed by atoms with van der Waals surface area (Å²) < 4.78 is 11.0. The van der Waals surface area contributed by atoms with Gasteiger partial charge in [0.05, 0.1) is 13.2 Å². The van der Waals surface area contributed by atoms with Crippen molar-refractivity contribution in [1.82, 2.24) is 20.0 Å². The molecule has 0 radical (unpaired) electrons. The summed E-state index contributed by atoms with van der Waals surface area (Å²) in [6.07, 6.45) is 1.98. The molecule has 1 fully saturated rings. The maximum atomic E-state index is 5.61. The predicted molar refractivity (Wildman–Crippen MR) is 81.3 cm³/mol. The fourth-order valence-corrected chi connectivity index (χ4v) is 3.00. The molecule has 3 heterocycles. The molecule has 0 bridgehead atoms. The largest absolute Gasteiger partial charge is 0.378 e. The number of ether oxygens (including phenoxy) is 1. The number of nitrogens with one attached hydrogen (secondary N) is 1. The van der Waals surface area contributed by atoms with Crippen molar-refractivity contribution in [3.63, 3.8) is 0 Å². The van der Waals surface area contributed by atoms with Gasteiger partial charge >= 0.3 is 0 Å². The predicted octanol–water partition coefficient (Wildman–Crippen LogP) is 2.43. The number of fused-ring (bicyclic) bond motifs is 1. The van der Waals surface area contributed by atoms with Crippen molar-refractivity contribution in [3.05, 3.63) is 47.7 Å². The lowest BCUT2D eigenvalue weighted by molar-refractivity contribution is -0.0239. The van der Waals surface area contributed by atoms with Crippen LogP contribution in [0.1, 0.15) is 23.3 Å². The summed E-state index contributed by atoms with van der Waals surface area (Å²) in [4.78, 5) is 10.0. The van der Waals surface area contributed by atoms with Crippen LogP contribution in [0.5, 0.6) is 0 Å². The summed E-state index contributed by atoms with van der Waals surface area (Å²) >= 11 is 0. The Hall–Kier alpha value is -2.18. The molecule has 0 amide bonds. The van der Waals surface area contributed by atoms with Crippen molar-refractivity contribution in [1.29, 1.82) is 0 Å². The molecule has 1 unspecified atom stereocenters. The Labute approximate surface area is 128 Å². The smallest absolute Gasteiger partial charge is 0.246 e. The van der Waals surface area contributed by atoms with Crippen molar-refractivity contribution in [2.45, 2.75) is 19.5 Å². The fraction of sp³-hybridized carbons (Fsp3) is 0.375. The zero-order valence-corrected chi connectivity index (χ0v) is 12.5. The minimum atomic E-state index is 0.0140. The van der Waals surface area contributed by atoms with Gasteiger partial charge in [0.2, 0.25) is 5.89 Å². The van der Waals surface area contributed by atoms with E-state index in [1.54, 1.807) is 0 Å². The molecule has 3 aromatic rings. The van der Waals surface area contributed by atoms with Gasteiger partial charge in [0.1, 0.15) is 6.04 Å². The van der Waals surface area contributed by atoms with Crippen molar-refractivity contribution in [2.75, 3.05) is 19.8 Å². The second-order valence-electron chi connectivity index (χ2n) is 5.60. The zero-order valence-electron chi connectivity index (χ0n) is 12.5. The molecule has 1 N–H and O–H groups in total. The van der Waals surface area contributed by atoms with E-state index in [0.29, 0.717) is 18.3 Å². The van der Waals surface area contributed by atoms with Gasteiger partial charge in [-0.05, 0) is 23.9 Å². The van der Waals surface area contributed by atoms with Gasteiger partial charge in [-0.2, -0.15) is 4.98 Å². The van der Waals surface area contributed by atoms with E-state index in [1.165, 1.54) is 16.5 Å². The highest BCUT2D eigenvalue weighted by Crippen LogP contribution is 2.27. The lowest BCUT2D eigenvalue weighted by Crippen LogP contribution is -2.39. The van der Waals surface area contributed by atoms with E-state index in [1.807, 2.05) is 13.1 Å². The summed E-state index contributed by atoms with van der Waals surface area (Å²) in [5, 5.41) is 5.13. The van der Waals surface area contributed by atoms with Crippen LogP contribution in [0.15, 0.2) is 35.0 Å². The van der Waals surface area contributed by atoms with E-state index < -0.39 is 0 Å². The first-order valence-corrected chi connectivity index (χ1v) is 7.48. The number of para-hydroxylation sites is 1. The van der Waals surface area contributed by atoms with Gasteiger partial charge in [0.25, 0.3) is 0 Å². The van der Waals surface area contributed by atoms with Gasteiger partial charge in [0.15, 0.2) is 5.82 Å². The molecular weight excluding hydrogens is 280 g/mol. The summed E-state index contributed by atoms with van der Waals surface area (Å²) in [6.45, 7) is 4.82. The fourth-order valence-electron chi connectivity index (χ4n) is 3.00. The van der Waals surface area contributed by atoms with Crippen LogP contribution in [0.2, 0.25) is 0 Å². The van der Waals surface area contributed by atoms with Crippen LogP contribution < -0.4 is 0 Å². The van der Waals surface area contributed by atoms with E-state index in [4.69, 9.17) is 9.26 Å². The maximum absolute atomic E-state index is 5.61. The average molecular weight is 298 g/mol. The van der Waals surface area contributed by atoms with E-state index in [2.05, 4.69) is 44.3 Å². The molecule has 6 nitrogen and oxygen atoms in total. The Morgan fingerprint density at radius 3 is 3.18 bits per heavy atom. The molecule has 1 aliphatic rings. The number of morpholine rings is 1. The molecule has 6 heteroatoms. The number of rotatable bonds is 3. The summed E-state index contributed by atoms with van der Waals surface area (Å²) in [5.74, 6) is 1.29. The second kappa shape index (κ2) is 5.55. The van der Waals surface area contributed by atoms with Crippen molar-refractivity contribution >= 4 is 10.9 Å². The molecule has 0 saturated carbocycles. The van der Waals surface area contributed by atoms with Gasteiger partial charge in [-0.3, -0.25) is 4.90 Å². The number of aromatic nitrogens is 3. The van der Waals surface area contributed by atoms with Crippen molar-refractivity contribution < 1.29 is 9.26 Å². The summed E-state index contributed by atoms with van der Waals surface area (Å²) in [6, 6.07) is 8.48. The van der Waals surface area contributed by atoms with Crippen LogP contribution in [0.25, 0.3) is 10.9 Å². The molecule has 22 heavy (non-hydrogen) atoms. The van der Waals surface area contributed by atoms with Gasteiger partial charge in [-0.25, -0.2) is 0 Å². The van der Waals surface area contributed by atoms with Crippen LogP contribution in [-0.4, -0.2) is 39.8 Å². The Kier molecular flexibility index (Phi) is 3.40. The third-order valence-corrected chi connectivity index (χ3v) is 4.11. The molecule has 1 saturated heterocycles. The first kappa shape index (κ1) is 13.5. The molecule has 1 atom stereocenters. The number of nitrogens with zero attached hydrogens (tertiary/aromatic N) is 3. The van der Waals surface area contributed by atoms with Gasteiger partial charge < -0.3 is 14.2 Å². The van der Waals surface area contributed by atoms with Crippen molar-refractivity contribution in [2.24, 2.45) is 0 Å². The van der Waals surface area contributed by atoms with Gasteiger partial charge in [0, 0.05) is 24.8 Å². The number of aryl methyl sites for hydroxylation is 1. The quantitative estimate of drug-likeness (QED) is 0.804. The van der Waals surface area contributed by atoms with E-state index in [0.717, 1.165) is 19.7 Å². The van der Waals surface area contributed by atoms with Gasteiger partial charge in [-0.1, -0.05) is 23.4 Å². The topological polar surface area (TPSA) is 67.2 Å². The van der Waals surface area contributed by atoms with E-state index in [9.17, 15) is 0 Å². The highest BCUT2D eigenvalue weighted by atomic mass is 16.5. The SMILES string of the molecule is Cc1noc(C2COCCN2Cc2cccc3cc[nH]c23)n1. The normalized spacial score (nSPS) is 19.8. The minimum Gasteiger partial charge on any atom is -0.378 e. The van der Waals surface area contributed by atoms with E-state index >= 15 is 0 Å². The number of aromatic amines is 1. The Morgan fingerprint density at radius 1 is 1.36 bits per heavy atom. The number of hydrogen-bond acceptors (Lipinski definition) is 5. The first-order valence-electron chi connectivity index (χ1n) is 7.48. The first-order chi connectivity index (χ1) is 10.8. The third-order valence-electron chi connectivity index (χ3n) is 4.11. The molecule has 0 spiro atoms. The molecule has 1 aromatic carbocycles.